The second-order valence-corrected chi connectivity index (χ2v) is 9.69. The van der Waals surface area contributed by atoms with Crippen molar-refractivity contribution in [2.45, 2.75) is 49.1 Å². The molecule has 2 heterocycles. The van der Waals surface area contributed by atoms with Crippen molar-refractivity contribution in [2.24, 2.45) is 0 Å². The predicted molar refractivity (Wildman–Crippen MR) is 97.6 cm³/mol. The van der Waals surface area contributed by atoms with E-state index in [9.17, 15) is 21.6 Å². The normalized spacial score (nSPS) is 23.5. The molecule has 0 atom stereocenters. The fourth-order valence-electron chi connectivity index (χ4n) is 4.19. The number of hydrogen-bond donors (Lipinski definition) is 1. The van der Waals surface area contributed by atoms with Crippen LogP contribution in [0, 0.1) is 0 Å². The van der Waals surface area contributed by atoms with E-state index in [1.807, 2.05) is 24.3 Å². The minimum Gasteiger partial charge on any atom is -0.475 e. The summed E-state index contributed by atoms with van der Waals surface area (Å²) in [6, 6.07) is 8.54. The molecule has 0 bridgehead atoms. The van der Waals surface area contributed by atoms with E-state index in [4.69, 9.17) is 9.90 Å². The monoisotopic (exact) mass is 420 g/mol. The van der Waals surface area contributed by atoms with Crippen LogP contribution in [0.5, 0.6) is 0 Å². The zero-order valence-electron chi connectivity index (χ0n) is 15.4. The highest BCUT2D eigenvalue weighted by atomic mass is 32.2. The lowest BCUT2D eigenvalue weighted by Crippen LogP contribution is -2.51. The zero-order valence-corrected chi connectivity index (χ0v) is 16.3. The SMILES string of the molecule is CN1c2ccccc2C2(CCN(C3CCC3)CC2)S1(=O)=O.O=C(O)C(F)(F)F. The number of anilines is 1. The number of nitrogens with zero attached hydrogens (tertiary/aromatic N) is 2. The van der Waals surface area contributed by atoms with E-state index in [0.29, 0.717) is 6.04 Å². The summed E-state index contributed by atoms with van der Waals surface area (Å²) in [5.74, 6) is -2.76. The van der Waals surface area contributed by atoms with E-state index in [-0.39, 0.29) is 0 Å². The number of benzene rings is 1. The number of para-hydroxylation sites is 1. The Morgan fingerprint density at radius 1 is 1.18 bits per heavy atom. The molecular formula is C18H23F3N2O4S. The van der Waals surface area contributed by atoms with Crippen LogP contribution in [-0.2, 0) is 19.6 Å². The number of alkyl halides is 3. The Kier molecular flexibility index (Phi) is 5.39. The Morgan fingerprint density at radius 2 is 1.71 bits per heavy atom. The molecule has 156 valence electrons. The van der Waals surface area contributed by atoms with E-state index < -0.39 is 26.9 Å². The number of carboxylic acid groups (broad SMARTS) is 1. The lowest BCUT2D eigenvalue weighted by molar-refractivity contribution is -0.192. The lowest BCUT2D eigenvalue weighted by atomic mass is 9.84. The van der Waals surface area contributed by atoms with Crippen LogP contribution in [0.4, 0.5) is 18.9 Å². The predicted octanol–water partition coefficient (Wildman–Crippen LogP) is 2.94. The third-order valence-corrected chi connectivity index (χ3v) is 8.56. The Morgan fingerprint density at radius 3 is 2.18 bits per heavy atom. The quantitative estimate of drug-likeness (QED) is 0.756. The number of halogens is 3. The van der Waals surface area contributed by atoms with Gasteiger partial charge in [-0.1, -0.05) is 24.6 Å². The van der Waals surface area contributed by atoms with Crippen molar-refractivity contribution in [2.75, 3.05) is 24.4 Å². The third kappa shape index (κ3) is 3.36. The van der Waals surface area contributed by atoms with Gasteiger partial charge in [0.15, 0.2) is 0 Å². The number of piperidine rings is 1. The first-order chi connectivity index (χ1) is 13.0. The van der Waals surface area contributed by atoms with Gasteiger partial charge < -0.3 is 10.0 Å². The van der Waals surface area contributed by atoms with Crippen molar-refractivity contribution in [1.82, 2.24) is 4.90 Å². The highest BCUT2D eigenvalue weighted by Crippen LogP contribution is 2.52. The molecule has 2 fully saturated rings. The number of fused-ring (bicyclic) bond motifs is 2. The smallest absolute Gasteiger partial charge is 0.475 e. The minimum atomic E-state index is -5.08. The van der Waals surface area contributed by atoms with Gasteiger partial charge in [0.05, 0.1) is 5.69 Å². The van der Waals surface area contributed by atoms with Crippen LogP contribution in [0.1, 0.15) is 37.7 Å². The zero-order chi connectivity index (χ0) is 20.7. The lowest BCUT2D eigenvalue weighted by Gasteiger charge is -2.45. The molecule has 1 aromatic carbocycles. The second-order valence-electron chi connectivity index (χ2n) is 7.41. The molecular weight excluding hydrogens is 397 g/mol. The van der Waals surface area contributed by atoms with Gasteiger partial charge >= 0.3 is 12.1 Å². The van der Waals surface area contributed by atoms with Crippen molar-refractivity contribution >= 4 is 21.7 Å². The molecule has 0 amide bonds. The average Bonchev–Trinajstić information content (AvgIpc) is 2.74. The molecule has 2 aliphatic heterocycles. The number of sulfonamides is 1. The second kappa shape index (κ2) is 7.22. The van der Waals surface area contributed by atoms with Crippen LogP contribution in [-0.4, -0.2) is 56.7 Å². The molecule has 1 aliphatic carbocycles. The van der Waals surface area contributed by atoms with Gasteiger partial charge in [-0.2, -0.15) is 13.2 Å². The summed E-state index contributed by atoms with van der Waals surface area (Å²) >= 11 is 0. The van der Waals surface area contributed by atoms with Crippen LogP contribution in [0.15, 0.2) is 24.3 Å². The molecule has 28 heavy (non-hydrogen) atoms. The van der Waals surface area contributed by atoms with Gasteiger partial charge in [-0.3, -0.25) is 4.31 Å². The maximum absolute atomic E-state index is 13.0. The van der Waals surface area contributed by atoms with E-state index in [0.717, 1.165) is 37.2 Å². The maximum Gasteiger partial charge on any atom is 0.490 e. The van der Waals surface area contributed by atoms with Crippen molar-refractivity contribution in [3.05, 3.63) is 29.8 Å². The molecule has 10 heteroatoms. The number of carboxylic acids is 1. The van der Waals surface area contributed by atoms with Crippen molar-refractivity contribution in [3.63, 3.8) is 0 Å². The largest absolute Gasteiger partial charge is 0.490 e. The van der Waals surface area contributed by atoms with Crippen LogP contribution in [0.2, 0.25) is 0 Å². The molecule has 3 aliphatic rings. The number of carbonyl (C=O) groups is 1. The van der Waals surface area contributed by atoms with Crippen molar-refractivity contribution in [3.8, 4) is 0 Å². The van der Waals surface area contributed by atoms with Crippen molar-refractivity contribution in [1.29, 1.82) is 0 Å². The van der Waals surface area contributed by atoms with E-state index >= 15 is 0 Å². The maximum atomic E-state index is 13.0. The number of likely N-dealkylation sites (tertiary alicyclic amines) is 1. The highest BCUT2D eigenvalue weighted by Gasteiger charge is 2.56. The van der Waals surface area contributed by atoms with Gasteiger partial charge in [0.1, 0.15) is 4.75 Å². The van der Waals surface area contributed by atoms with Gasteiger partial charge in [0, 0.05) is 26.2 Å². The summed E-state index contributed by atoms with van der Waals surface area (Å²) in [7, 11) is -1.58. The fraction of sp³-hybridized carbons (Fsp3) is 0.611. The molecule has 0 unspecified atom stereocenters. The van der Waals surface area contributed by atoms with Gasteiger partial charge in [-0.15, -0.1) is 0 Å². The molecule has 0 aromatic heterocycles. The van der Waals surface area contributed by atoms with E-state index in [1.165, 1.54) is 23.6 Å². The van der Waals surface area contributed by atoms with Crippen molar-refractivity contribution < 1.29 is 31.5 Å². The average molecular weight is 420 g/mol. The Labute approximate surface area is 162 Å². The van der Waals surface area contributed by atoms with E-state index in [1.54, 1.807) is 7.05 Å². The Balaban J connectivity index is 0.000000279. The Bertz CT molecular complexity index is 845. The van der Waals surface area contributed by atoms with Gasteiger partial charge in [-0.05, 0) is 37.3 Å². The number of aliphatic carboxylic acids is 1. The summed E-state index contributed by atoms with van der Waals surface area (Å²) in [6.45, 7) is 1.82. The first-order valence-electron chi connectivity index (χ1n) is 9.13. The topological polar surface area (TPSA) is 77.9 Å². The Hall–Kier alpha value is -1.81. The molecule has 1 spiro atoms. The first kappa shape index (κ1) is 20.9. The highest BCUT2D eigenvalue weighted by molar-refractivity contribution is 7.94. The van der Waals surface area contributed by atoms with Crippen LogP contribution in [0.3, 0.4) is 0 Å². The van der Waals surface area contributed by atoms with Crippen LogP contribution in [0.25, 0.3) is 0 Å². The molecule has 1 saturated carbocycles. The van der Waals surface area contributed by atoms with Crippen LogP contribution < -0.4 is 4.31 Å². The minimum absolute atomic E-state index is 0.682. The molecule has 1 aromatic rings. The first-order valence-corrected chi connectivity index (χ1v) is 10.6. The standard InChI is InChI=1S/C16H22N2O2S.C2HF3O2/c1-17-15-8-3-2-7-14(15)16(21(17,19)20)9-11-18(12-10-16)13-5-4-6-13;3-2(4,5)1(6)7/h2-3,7-8,13H,4-6,9-12H2,1H3;(H,6,7). The van der Waals surface area contributed by atoms with Gasteiger partial charge in [0.2, 0.25) is 10.0 Å². The molecule has 4 rings (SSSR count). The van der Waals surface area contributed by atoms with Crippen LogP contribution >= 0.6 is 0 Å². The summed E-state index contributed by atoms with van der Waals surface area (Å²) < 4.78 is 58.5. The third-order valence-electron chi connectivity index (χ3n) is 6.03. The summed E-state index contributed by atoms with van der Waals surface area (Å²) in [5.41, 5.74) is 1.88. The molecule has 1 N–H and O–H groups in total. The summed E-state index contributed by atoms with van der Waals surface area (Å²) in [5, 5.41) is 7.12. The summed E-state index contributed by atoms with van der Waals surface area (Å²) in [4.78, 5) is 11.4. The molecule has 6 nitrogen and oxygen atoms in total. The fourth-order valence-corrected chi connectivity index (χ4v) is 6.28. The van der Waals surface area contributed by atoms with Gasteiger partial charge in [-0.25, -0.2) is 13.2 Å². The summed E-state index contributed by atoms with van der Waals surface area (Å²) in [6.07, 6.45) is 0.281. The molecule has 1 saturated heterocycles. The number of rotatable bonds is 1. The number of hydrogen-bond acceptors (Lipinski definition) is 4. The van der Waals surface area contributed by atoms with E-state index in [2.05, 4.69) is 4.90 Å². The molecule has 0 radical (unpaired) electrons. The van der Waals surface area contributed by atoms with Gasteiger partial charge in [0.25, 0.3) is 0 Å².